The van der Waals surface area contributed by atoms with Gasteiger partial charge in [0, 0.05) is 19.3 Å². The number of hydrogen-bond donors (Lipinski definition) is 5. The summed E-state index contributed by atoms with van der Waals surface area (Å²) >= 11 is 0. The summed E-state index contributed by atoms with van der Waals surface area (Å²) in [6, 6.07) is 9.63. The summed E-state index contributed by atoms with van der Waals surface area (Å²) in [7, 11) is 0. The van der Waals surface area contributed by atoms with Crippen molar-refractivity contribution < 1.29 is 24.9 Å². The van der Waals surface area contributed by atoms with Crippen LogP contribution in [-0.4, -0.2) is 55.6 Å². The maximum Gasteiger partial charge on any atom is 0.284 e. The highest BCUT2D eigenvalue weighted by Crippen LogP contribution is 2.33. The van der Waals surface area contributed by atoms with Crippen LogP contribution in [-0.2, 0) is 17.2 Å². The number of aromatic nitrogens is 2. The van der Waals surface area contributed by atoms with Gasteiger partial charge in [-0.2, -0.15) is 0 Å². The van der Waals surface area contributed by atoms with Crippen LogP contribution < -0.4 is 11.1 Å². The van der Waals surface area contributed by atoms with E-state index in [4.69, 9.17) is 10.5 Å². The van der Waals surface area contributed by atoms with Gasteiger partial charge in [-0.05, 0) is 5.56 Å². The summed E-state index contributed by atoms with van der Waals surface area (Å²) in [6.45, 7) is 0.742. The third-order valence-electron chi connectivity index (χ3n) is 4.14. The first-order valence-electron chi connectivity index (χ1n) is 7.77. The van der Waals surface area contributed by atoms with Crippen molar-refractivity contribution >= 4 is 5.91 Å². The molecule has 1 aliphatic heterocycles. The number of carbonyl (C=O) groups is 1. The average molecular weight is 348 g/mol. The molecule has 2 heterocycles. The van der Waals surface area contributed by atoms with Crippen molar-refractivity contribution in [2.75, 3.05) is 6.54 Å². The fraction of sp³-hybridized carbons (Fsp3) is 0.375. The van der Waals surface area contributed by atoms with E-state index in [-0.39, 0.29) is 12.2 Å². The molecule has 0 aliphatic carbocycles. The zero-order valence-electron chi connectivity index (χ0n) is 13.3. The Labute approximate surface area is 143 Å². The van der Waals surface area contributed by atoms with Crippen LogP contribution in [0.1, 0.15) is 16.1 Å². The van der Waals surface area contributed by atoms with Gasteiger partial charge in [-0.3, -0.25) is 9.36 Å². The van der Waals surface area contributed by atoms with Crippen LogP contribution in [0.5, 0.6) is 0 Å². The monoisotopic (exact) mass is 348 g/mol. The van der Waals surface area contributed by atoms with Gasteiger partial charge >= 0.3 is 0 Å². The number of amides is 1. The van der Waals surface area contributed by atoms with Crippen LogP contribution in [0.25, 0.3) is 0 Å². The second-order valence-electron chi connectivity index (χ2n) is 5.90. The molecule has 9 nitrogen and oxygen atoms in total. The predicted octanol–water partition coefficient (Wildman–Crippen LogP) is -1.50. The quantitative estimate of drug-likeness (QED) is 0.427. The Bertz CT molecular complexity index is 737. The van der Waals surface area contributed by atoms with E-state index in [0.29, 0.717) is 6.54 Å². The summed E-state index contributed by atoms with van der Waals surface area (Å²) in [5.41, 5.74) is 6.07. The fourth-order valence-electron chi connectivity index (χ4n) is 2.74. The molecule has 2 aromatic rings. The minimum absolute atomic E-state index is 0.0932. The third-order valence-corrected chi connectivity index (χ3v) is 4.14. The topological polar surface area (TPSA) is 143 Å². The first kappa shape index (κ1) is 17.5. The Kier molecular flexibility index (Phi) is 4.84. The van der Waals surface area contributed by atoms with Crippen molar-refractivity contribution in [1.29, 1.82) is 0 Å². The molecule has 134 valence electrons. The number of ether oxygens (including phenoxy) is 1. The third kappa shape index (κ3) is 3.41. The zero-order chi connectivity index (χ0) is 18.0. The molecule has 4 atom stereocenters. The molecule has 0 saturated carbocycles. The molecule has 1 aliphatic rings. The number of carbonyl (C=O) groups excluding carboxylic acids is 1. The highest BCUT2D eigenvalue weighted by molar-refractivity contribution is 5.90. The second kappa shape index (κ2) is 6.90. The number of primary amides is 1. The van der Waals surface area contributed by atoms with Crippen LogP contribution in [0.2, 0.25) is 0 Å². The van der Waals surface area contributed by atoms with Gasteiger partial charge in [0.25, 0.3) is 11.8 Å². The summed E-state index contributed by atoms with van der Waals surface area (Å²) in [5.74, 6) is -3.02. The summed E-state index contributed by atoms with van der Waals surface area (Å²) in [4.78, 5) is 14.9. The van der Waals surface area contributed by atoms with E-state index < -0.39 is 30.1 Å². The molecule has 25 heavy (non-hydrogen) atoms. The second-order valence-corrected chi connectivity index (χ2v) is 5.90. The lowest BCUT2D eigenvalue weighted by Gasteiger charge is -2.26. The van der Waals surface area contributed by atoms with E-state index in [1.807, 2.05) is 30.3 Å². The summed E-state index contributed by atoms with van der Waals surface area (Å²) in [6.07, 6.45) is -1.55. The van der Waals surface area contributed by atoms with Crippen LogP contribution in [0, 0.1) is 0 Å². The molecular formula is C16H20N4O5. The van der Waals surface area contributed by atoms with E-state index in [9.17, 15) is 20.1 Å². The molecule has 1 aromatic heterocycles. The maximum atomic E-state index is 11.1. The molecule has 1 fully saturated rings. The summed E-state index contributed by atoms with van der Waals surface area (Å²) in [5, 5.41) is 34.0. The number of nitrogens with zero attached hydrogens (tertiary/aromatic N) is 2. The van der Waals surface area contributed by atoms with Crippen LogP contribution in [0.3, 0.4) is 0 Å². The Morgan fingerprint density at radius 1 is 1.36 bits per heavy atom. The number of benzene rings is 1. The van der Waals surface area contributed by atoms with Crippen molar-refractivity contribution in [3.8, 4) is 0 Å². The van der Waals surface area contributed by atoms with Gasteiger partial charge in [0.1, 0.15) is 17.9 Å². The molecule has 1 saturated heterocycles. The van der Waals surface area contributed by atoms with Crippen molar-refractivity contribution in [1.82, 2.24) is 14.9 Å². The highest BCUT2D eigenvalue weighted by atomic mass is 16.7. The number of aliphatic hydroxyl groups excluding tert-OH is 2. The Hall–Kier alpha value is -2.30. The first-order chi connectivity index (χ1) is 11.9. The SMILES string of the molecule is NC(=O)c1cn([C@]2(O)O[C@H](CNCc3ccccc3)[C@@H](O)[C@H]2O)cn1. The lowest BCUT2D eigenvalue weighted by molar-refractivity contribution is -0.286. The minimum atomic E-state index is -2.24. The van der Waals surface area contributed by atoms with Crippen molar-refractivity contribution in [2.24, 2.45) is 5.73 Å². The van der Waals surface area contributed by atoms with Gasteiger partial charge in [-0.25, -0.2) is 4.98 Å². The van der Waals surface area contributed by atoms with Crippen molar-refractivity contribution in [3.05, 3.63) is 54.1 Å². The number of hydrogen-bond acceptors (Lipinski definition) is 7. The molecule has 0 spiro atoms. The standard InChI is InChI=1S/C16H20N4O5/c17-15(23)11-8-20(9-19-11)16(24)14(22)13(21)12(25-16)7-18-6-10-4-2-1-3-5-10/h1-5,8-9,12-14,18,21-22,24H,6-7H2,(H2,17,23)/t12-,13-,14-,16-/m1/s1. The van der Waals surface area contributed by atoms with E-state index in [1.165, 1.54) is 0 Å². The summed E-state index contributed by atoms with van der Waals surface area (Å²) < 4.78 is 6.47. The molecular weight excluding hydrogens is 328 g/mol. The molecule has 6 N–H and O–H groups in total. The van der Waals surface area contributed by atoms with Gasteiger partial charge in [-0.15, -0.1) is 0 Å². The van der Waals surface area contributed by atoms with E-state index in [2.05, 4.69) is 10.3 Å². The van der Waals surface area contributed by atoms with Gasteiger partial charge < -0.3 is 31.1 Å². The van der Waals surface area contributed by atoms with Crippen LogP contribution in [0.4, 0.5) is 0 Å². The Morgan fingerprint density at radius 3 is 2.72 bits per heavy atom. The lowest BCUT2D eigenvalue weighted by atomic mass is 10.1. The lowest BCUT2D eigenvalue weighted by Crippen LogP contribution is -2.45. The van der Waals surface area contributed by atoms with Gasteiger partial charge in [0.2, 0.25) is 0 Å². The van der Waals surface area contributed by atoms with E-state index >= 15 is 0 Å². The predicted molar refractivity (Wildman–Crippen MR) is 86.0 cm³/mol. The van der Waals surface area contributed by atoms with E-state index in [1.54, 1.807) is 0 Å². The average Bonchev–Trinajstić information content (AvgIpc) is 3.18. The molecule has 0 unspecified atom stereocenters. The fourth-order valence-corrected chi connectivity index (χ4v) is 2.74. The van der Waals surface area contributed by atoms with Crippen molar-refractivity contribution in [2.45, 2.75) is 30.8 Å². The first-order valence-corrected chi connectivity index (χ1v) is 7.77. The smallest absolute Gasteiger partial charge is 0.284 e. The van der Waals surface area contributed by atoms with Crippen molar-refractivity contribution in [3.63, 3.8) is 0 Å². The molecule has 1 aromatic carbocycles. The van der Waals surface area contributed by atoms with Gasteiger partial charge in [0.05, 0.1) is 6.33 Å². The van der Waals surface area contributed by atoms with E-state index in [0.717, 1.165) is 22.7 Å². The number of nitrogens with two attached hydrogens (primary N) is 1. The highest BCUT2D eigenvalue weighted by Gasteiger charge is 2.54. The molecule has 0 bridgehead atoms. The van der Waals surface area contributed by atoms with Gasteiger partial charge in [0.15, 0.2) is 6.10 Å². The van der Waals surface area contributed by atoms with Crippen LogP contribution in [0.15, 0.2) is 42.9 Å². The van der Waals surface area contributed by atoms with Crippen LogP contribution >= 0.6 is 0 Å². The number of rotatable bonds is 6. The normalized spacial score (nSPS) is 29.0. The number of imidazole rings is 1. The number of aliphatic hydroxyl groups is 3. The largest absolute Gasteiger partial charge is 0.387 e. The number of nitrogens with one attached hydrogen (secondary N) is 1. The molecule has 9 heteroatoms. The molecule has 0 radical (unpaired) electrons. The maximum absolute atomic E-state index is 11.1. The zero-order valence-corrected chi connectivity index (χ0v) is 13.3. The Balaban J connectivity index is 1.66. The molecule has 1 amide bonds. The minimum Gasteiger partial charge on any atom is -0.387 e. The molecule has 3 rings (SSSR count). The van der Waals surface area contributed by atoms with Gasteiger partial charge in [-0.1, -0.05) is 30.3 Å². The Morgan fingerprint density at radius 2 is 2.08 bits per heavy atom.